The number of nitrogens with zero attached hydrogens (tertiary/aromatic N) is 4. The van der Waals surface area contributed by atoms with Crippen molar-refractivity contribution >= 4 is 23.2 Å². The van der Waals surface area contributed by atoms with Crippen LogP contribution in [0.15, 0.2) is 83.8 Å². The molecule has 0 atom stereocenters. The third-order valence-electron chi connectivity index (χ3n) is 7.43. The topological polar surface area (TPSA) is 106 Å². The van der Waals surface area contributed by atoms with Gasteiger partial charge in [-0.15, -0.1) is 0 Å². The van der Waals surface area contributed by atoms with Crippen molar-refractivity contribution in [2.24, 2.45) is 0 Å². The molecule has 0 radical (unpaired) electrons. The summed E-state index contributed by atoms with van der Waals surface area (Å²) in [5.74, 6) is 1.73. The summed E-state index contributed by atoms with van der Waals surface area (Å²) in [6, 6.07) is 21.7. The summed E-state index contributed by atoms with van der Waals surface area (Å²) < 4.78 is 12.7. The van der Waals surface area contributed by atoms with E-state index < -0.39 is 5.56 Å². The normalized spacial score (nSPS) is 13.1. The van der Waals surface area contributed by atoms with Crippen molar-refractivity contribution in [1.29, 1.82) is 0 Å². The molecular weight excluding hydrogens is 546 g/mol. The van der Waals surface area contributed by atoms with Gasteiger partial charge in [0.25, 0.3) is 11.5 Å². The second kappa shape index (κ2) is 12.8. The Morgan fingerprint density at radius 2 is 1.56 bits per heavy atom. The van der Waals surface area contributed by atoms with Crippen molar-refractivity contribution < 1.29 is 19.1 Å². The number of amides is 2. The van der Waals surface area contributed by atoms with Crippen molar-refractivity contribution in [1.82, 2.24) is 19.6 Å². The first kappa shape index (κ1) is 29.4. The van der Waals surface area contributed by atoms with Gasteiger partial charge >= 0.3 is 0 Å². The van der Waals surface area contributed by atoms with Crippen LogP contribution >= 0.6 is 0 Å². The van der Waals surface area contributed by atoms with E-state index in [1.807, 2.05) is 24.3 Å². The molecule has 1 aliphatic rings. The third-order valence-corrected chi connectivity index (χ3v) is 7.43. The summed E-state index contributed by atoms with van der Waals surface area (Å²) >= 11 is 0. The molecule has 0 unspecified atom stereocenters. The number of aromatic nitrogens is 2. The standard InChI is InChI=1S/C33H35N5O5/c1-22(2)25-6-5-7-29(20-25)43-30-21-34-38(27-12-14-28(42-4)15-13-27)33(41)31(30)35-26-10-8-24(9-11-26)32(40)37-18-16-36(17-19-37)23(3)39/h5-15,20-22,35H,16-19H2,1-4H3. The van der Waals surface area contributed by atoms with Crippen LogP contribution in [0.25, 0.3) is 5.69 Å². The zero-order chi connectivity index (χ0) is 30.5. The van der Waals surface area contributed by atoms with E-state index in [2.05, 4.69) is 24.3 Å². The first-order valence-electron chi connectivity index (χ1n) is 14.2. The zero-order valence-electron chi connectivity index (χ0n) is 24.7. The minimum Gasteiger partial charge on any atom is -0.497 e. The number of piperazine rings is 1. The van der Waals surface area contributed by atoms with Gasteiger partial charge in [-0.2, -0.15) is 9.78 Å². The quantitative estimate of drug-likeness (QED) is 0.305. The second-order valence-corrected chi connectivity index (χ2v) is 10.6. The first-order chi connectivity index (χ1) is 20.7. The minimum atomic E-state index is -0.411. The highest BCUT2D eigenvalue weighted by Crippen LogP contribution is 2.31. The molecule has 1 aliphatic heterocycles. The monoisotopic (exact) mass is 581 g/mol. The molecule has 4 aromatic rings. The van der Waals surface area contributed by atoms with Crippen LogP contribution in [0.2, 0.25) is 0 Å². The number of benzene rings is 3. The largest absolute Gasteiger partial charge is 0.497 e. The molecular formula is C33H35N5O5. The van der Waals surface area contributed by atoms with Crippen LogP contribution in [-0.2, 0) is 4.79 Å². The molecule has 1 saturated heterocycles. The predicted molar refractivity (Wildman–Crippen MR) is 165 cm³/mol. The van der Waals surface area contributed by atoms with E-state index in [1.165, 1.54) is 17.8 Å². The molecule has 3 aromatic carbocycles. The molecule has 43 heavy (non-hydrogen) atoms. The van der Waals surface area contributed by atoms with Crippen molar-refractivity contribution in [3.05, 3.63) is 100 Å². The van der Waals surface area contributed by atoms with Gasteiger partial charge in [-0.05, 0) is 72.1 Å². The van der Waals surface area contributed by atoms with Gasteiger partial charge in [-0.3, -0.25) is 14.4 Å². The van der Waals surface area contributed by atoms with Crippen LogP contribution in [0, 0.1) is 0 Å². The minimum absolute atomic E-state index is 0.0145. The van der Waals surface area contributed by atoms with Gasteiger partial charge in [-0.1, -0.05) is 26.0 Å². The number of methoxy groups -OCH3 is 1. The highest BCUT2D eigenvalue weighted by Gasteiger charge is 2.23. The number of hydrogen-bond acceptors (Lipinski definition) is 7. The fourth-order valence-corrected chi connectivity index (χ4v) is 4.85. The fourth-order valence-electron chi connectivity index (χ4n) is 4.85. The maximum atomic E-state index is 13.8. The Labute approximate surface area is 250 Å². The molecule has 0 spiro atoms. The van der Waals surface area contributed by atoms with E-state index in [0.29, 0.717) is 60.5 Å². The van der Waals surface area contributed by atoms with Gasteiger partial charge in [0.15, 0.2) is 11.4 Å². The number of carbonyl (C=O) groups excluding carboxylic acids is 2. The Morgan fingerprint density at radius 1 is 0.884 bits per heavy atom. The molecule has 1 fully saturated rings. The molecule has 10 heteroatoms. The lowest BCUT2D eigenvalue weighted by Crippen LogP contribution is -2.50. The van der Waals surface area contributed by atoms with Crippen LogP contribution in [0.4, 0.5) is 11.4 Å². The van der Waals surface area contributed by atoms with Gasteiger partial charge in [-0.25, -0.2) is 0 Å². The third kappa shape index (κ3) is 6.69. The molecule has 0 aliphatic carbocycles. The summed E-state index contributed by atoms with van der Waals surface area (Å²) in [7, 11) is 1.58. The molecule has 0 bridgehead atoms. The summed E-state index contributed by atoms with van der Waals surface area (Å²) in [6.45, 7) is 7.75. The number of hydrogen-bond donors (Lipinski definition) is 1. The van der Waals surface area contributed by atoms with E-state index in [1.54, 1.807) is 65.4 Å². The average Bonchev–Trinajstić information content (AvgIpc) is 3.03. The Morgan fingerprint density at radius 3 is 2.19 bits per heavy atom. The average molecular weight is 582 g/mol. The highest BCUT2D eigenvalue weighted by atomic mass is 16.5. The summed E-state index contributed by atoms with van der Waals surface area (Å²) in [5, 5.41) is 7.59. The number of ether oxygens (including phenoxy) is 2. The van der Waals surface area contributed by atoms with Gasteiger partial charge < -0.3 is 24.6 Å². The Bertz CT molecular complexity index is 1660. The Kier molecular flexibility index (Phi) is 8.75. The lowest BCUT2D eigenvalue weighted by molar-refractivity contribution is -0.130. The molecule has 1 N–H and O–H groups in total. The highest BCUT2D eigenvalue weighted by molar-refractivity contribution is 5.95. The van der Waals surface area contributed by atoms with Gasteiger partial charge in [0.2, 0.25) is 5.91 Å². The van der Waals surface area contributed by atoms with Crippen LogP contribution in [-0.4, -0.2) is 64.7 Å². The predicted octanol–water partition coefficient (Wildman–Crippen LogP) is 5.20. The van der Waals surface area contributed by atoms with E-state index in [9.17, 15) is 14.4 Å². The summed E-state index contributed by atoms with van der Waals surface area (Å²) in [4.78, 5) is 42.0. The Hall–Kier alpha value is -5.12. The molecule has 222 valence electrons. The Balaban J connectivity index is 1.43. The van der Waals surface area contributed by atoms with Crippen LogP contribution in [0.3, 0.4) is 0 Å². The maximum Gasteiger partial charge on any atom is 0.299 e. The zero-order valence-corrected chi connectivity index (χ0v) is 24.7. The second-order valence-electron chi connectivity index (χ2n) is 10.6. The van der Waals surface area contributed by atoms with E-state index in [4.69, 9.17) is 9.47 Å². The lowest BCUT2D eigenvalue weighted by atomic mass is 10.0. The van der Waals surface area contributed by atoms with Gasteiger partial charge in [0, 0.05) is 44.4 Å². The van der Waals surface area contributed by atoms with Crippen LogP contribution < -0.4 is 20.3 Å². The van der Waals surface area contributed by atoms with E-state index in [-0.39, 0.29) is 23.3 Å². The van der Waals surface area contributed by atoms with Crippen LogP contribution in [0.5, 0.6) is 17.2 Å². The molecule has 1 aromatic heterocycles. The first-order valence-corrected chi connectivity index (χ1v) is 14.2. The summed E-state index contributed by atoms with van der Waals surface area (Å²) in [5.41, 5.74) is 2.58. The van der Waals surface area contributed by atoms with Gasteiger partial charge in [0.05, 0.1) is 19.0 Å². The lowest BCUT2D eigenvalue weighted by Gasteiger charge is -2.34. The smallest absolute Gasteiger partial charge is 0.299 e. The maximum absolute atomic E-state index is 13.8. The number of anilines is 2. The van der Waals surface area contributed by atoms with E-state index in [0.717, 1.165) is 5.56 Å². The number of rotatable bonds is 8. The molecule has 2 heterocycles. The van der Waals surface area contributed by atoms with Crippen molar-refractivity contribution in [3.8, 4) is 22.9 Å². The van der Waals surface area contributed by atoms with Crippen LogP contribution in [0.1, 0.15) is 42.6 Å². The van der Waals surface area contributed by atoms with Crippen molar-refractivity contribution in [3.63, 3.8) is 0 Å². The van der Waals surface area contributed by atoms with E-state index >= 15 is 0 Å². The molecule has 2 amide bonds. The summed E-state index contributed by atoms with van der Waals surface area (Å²) in [6.07, 6.45) is 1.51. The van der Waals surface area contributed by atoms with Crippen molar-refractivity contribution in [2.45, 2.75) is 26.7 Å². The SMILES string of the molecule is COc1ccc(-n2ncc(Oc3cccc(C(C)C)c3)c(Nc3ccc(C(=O)N4CCN(C(C)=O)CC4)cc3)c2=O)cc1. The molecule has 10 nitrogen and oxygen atoms in total. The number of nitrogens with one attached hydrogen (secondary N) is 1. The fraction of sp³-hybridized carbons (Fsp3) is 0.273. The van der Waals surface area contributed by atoms with Crippen molar-refractivity contribution in [2.75, 3.05) is 38.6 Å². The molecule has 5 rings (SSSR count). The number of carbonyl (C=O) groups is 2. The van der Waals surface area contributed by atoms with Gasteiger partial charge in [0.1, 0.15) is 11.5 Å². The molecule has 0 saturated carbocycles.